The number of amides is 1. The van der Waals surface area contributed by atoms with Gasteiger partial charge in [0.25, 0.3) is 5.91 Å². The van der Waals surface area contributed by atoms with Crippen LogP contribution in [0.15, 0.2) is 36.5 Å². The van der Waals surface area contributed by atoms with Gasteiger partial charge in [-0.2, -0.15) is 0 Å². The second-order valence-corrected chi connectivity index (χ2v) is 13.2. The number of rotatable bonds is 7. The molecule has 1 aliphatic heterocycles. The number of halogens is 1. The summed E-state index contributed by atoms with van der Waals surface area (Å²) in [4.78, 5) is 25.3. The van der Waals surface area contributed by atoms with Crippen molar-refractivity contribution in [2.45, 2.75) is 76.2 Å². The minimum Gasteiger partial charge on any atom is -0.379 e. The summed E-state index contributed by atoms with van der Waals surface area (Å²) in [5.41, 5.74) is 9.44. The van der Waals surface area contributed by atoms with E-state index in [9.17, 15) is 4.79 Å². The van der Waals surface area contributed by atoms with Gasteiger partial charge in [0.1, 0.15) is 17.0 Å². The number of hydrogen-bond acceptors (Lipinski definition) is 5. The van der Waals surface area contributed by atoms with Gasteiger partial charge >= 0.3 is 0 Å². The first-order valence-electron chi connectivity index (χ1n) is 15.1. The van der Waals surface area contributed by atoms with E-state index < -0.39 is 5.82 Å². The zero-order valence-corrected chi connectivity index (χ0v) is 23.7. The Morgan fingerprint density at radius 2 is 1.93 bits per heavy atom. The predicted molar refractivity (Wildman–Crippen MR) is 155 cm³/mol. The Hall–Kier alpha value is -3.30. The molecule has 3 aliphatic carbocycles. The molecule has 9 heteroatoms. The van der Waals surface area contributed by atoms with Crippen molar-refractivity contribution < 1.29 is 13.9 Å². The molecular formula is C32H37FN6O2. The predicted octanol–water partition coefficient (Wildman–Crippen LogP) is 4.98. The van der Waals surface area contributed by atoms with E-state index >= 15 is 4.39 Å². The smallest absolute Gasteiger partial charge is 0.254 e. The number of benzene rings is 1. The van der Waals surface area contributed by atoms with Crippen LogP contribution in [-0.4, -0.2) is 61.2 Å². The van der Waals surface area contributed by atoms with Gasteiger partial charge in [0.05, 0.1) is 16.8 Å². The Morgan fingerprint density at radius 3 is 2.63 bits per heavy atom. The van der Waals surface area contributed by atoms with Gasteiger partial charge in [0.2, 0.25) is 0 Å². The number of methoxy groups -OCH3 is 1. The third-order valence-electron chi connectivity index (χ3n) is 10.4. The number of ether oxygens (including phenoxy) is 1. The topological polar surface area (TPSA) is 91.2 Å². The highest BCUT2D eigenvalue weighted by atomic mass is 19.1. The maximum atomic E-state index is 16.2. The maximum Gasteiger partial charge on any atom is 0.254 e. The molecule has 2 bridgehead atoms. The van der Waals surface area contributed by atoms with E-state index in [-0.39, 0.29) is 23.6 Å². The Kier molecular flexibility index (Phi) is 5.64. The Morgan fingerprint density at radius 1 is 1.12 bits per heavy atom. The summed E-state index contributed by atoms with van der Waals surface area (Å²) < 4.78 is 26.2. The summed E-state index contributed by atoms with van der Waals surface area (Å²) in [6.45, 7) is 4.29. The molecule has 1 amide bonds. The van der Waals surface area contributed by atoms with E-state index in [1.54, 1.807) is 13.2 Å². The lowest BCUT2D eigenvalue weighted by molar-refractivity contribution is -0.0937. The van der Waals surface area contributed by atoms with E-state index in [1.165, 1.54) is 18.9 Å². The van der Waals surface area contributed by atoms with Crippen molar-refractivity contribution in [1.82, 2.24) is 24.0 Å². The van der Waals surface area contributed by atoms with Crippen molar-refractivity contribution in [1.29, 1.82) is 0 Å². The lowest BCUT2D eigenvalue weighted by Gasteiger charge is -2.44. The summed E-state index contributed by atoms with van der Waals surface area (Å²) in [5.74, 6) is 1.49. The summed E-state index contributed by atoms with van der Waals surface area (Å²) >= 11 is 0. The van der Waals surface area contributed by atoms with Gasteiger partial charge in [-0.1, -0.05) is 0 Å². The van der Waals surface area contributed by atoms with Crippen LogP contribution in [0, 0.1) is 23.6 Å². The number of pyridine rings is 1. The number of nitrogens with zero attached hydrogens (tertiary/aromatic N) is 5. The molecule has 3 atom stereocenters. The van der Waals surface area contributed by atoms with Gasteiger partial charge < -0.3 is 24.5 Å². The van der Waals surface area contributed by atoms with Crippen LogP contribution in [0.2, 0.25) is 0 Å². The van der Waals surface area contributed by atoms with Gasteiger partial charge in [-0.15, -0.1) is 0 Å². The van der Waals surface area contributed by atoms with Crippen LogP contribution in [-0.2, 0) is 17.8 Å². The Bertz CT molecular complexity index is 1680. The number of fused-ring (bicyclic) bond motifs is 4. The van der Waals surface area contributed by atoms with Crippen LogP contribution in [0.4, 0.5) is 4.39 Å². The van der Waals surface area contributed by atoms with Crippen LogP contribution in [0.25, 0.3) is 33.6 Å². The van der Waals surface area contributed by atoms with Gasteiger partial charge in [0.15, 0.2) is 5.82 Å². The second kappa shape index (κ2) is 9.10. The molecular weight excluding hydrogens is 519 g/mol. The molecule has 3 saturated carbocycles. The van der Waals surface area contributed by atoms with E-state index in [1.807, 2.05) is 21.7 Å². The summed E-state index contributed by atoms with van der Waals surface area (Å²) in [6.07, 6.45) is 8.04. The molecule has 1 aromatic carbocycles. The van der Waals surface area contributed by atoms with Gasteiger partial charge in [-0.3, -0.25) is 4.79 Å². The second-order valence-electron chi connectivity index (χ2n) is 13.2. The molecule has 4 aromatic rings. The van der Waals surface area contributed by atoms with Crippen LogP contribution >= 0.6 is 0 Å². The van der Waals surface area contributed by atoms with Gasteiger partial charge in [-0.25, -0.2) is 14.4 Å². The number of carbonyl (C=O) groups excluding carboxylic acids is 1. The average molecular weight is 557 g/mol. The van der Waals surface area contributed by atoms with Crippen molar-refractivity contribution in [3.63, 3.8) is 0 Å². The summed E-state index contributed by atoms with van der Waals surface area (Å²) in [6, 6.07) is 9.40. The Balaban J connectivity index is 1.25. The van der Waals surface area contributed by atoms with Crippen LogP contribution in [0.3, 0.4) is 0 Å². The third-order valence-corrected chi connectivity index (χ3v) is 10.4. The van der Waals surface area contributed by atoms with E-state index in [0.29, 0.717) is 47.4 Å². The van der Waals surface area contributed by atoms with E-state index in [0.717, 1.165) is 54.8 Å². The highest BCUT2D eigenvalue weighted by Crippen LogP contribution is 2.43. The minimum atomic E-state index is -0.407. The zero-order valence-electron chi connectivity index (χ0n) is 23.7. The SMILES string of the molecule is CO[C@]1(C)C[C@H](Cn2c(-c3cc4cccnc4n3CC3CC3)nc3cc(C(=O)N4C[C@H]5CC[C@@H]4C5N)cc(F)c32)C1. The molecule has 4 aliphatic rings. The first-order chi connectivity index (χ1) is 19.8. The first-order valence-corrected chi connectivity index (χ1v) is 15.1. The van der Waals surface area contributed by atoms with Crippen LogP contribution in [0.1, 0.15) is 55.8 Å². The average Bonchev–Trinajstić information content (AvgIpc) is 3.31. The third kappa shape index (κ3) is 4.03. The number of nitrogens with two attached hydrogens (primary N) is 1. The molecule has 2 N–H and O–H groups in total. The van der Waals surface area contributed by atoms with Crippen molar-refractivity contribution in [3.8, 4) is 11.5 Å². The van der Waals surface area contributed by atoms with Crippen molar-refractivity contribution in [3.05, 3.63) is 47.9 Å². The van der Waals surface area contributed by atoms with Gasteiger partial charge in [0, 0.05) is 56.0 Å². The van der Waals surface area contributed by atoms with E-state index in [2.05, 4.69) is 23.6 Å². The maximum absolute atomic E-state index is 16.2. The molecule has 8 rings (SSSR count). The quantitative estimate of drug-likeness (QED) is 0.347. The van der Waals surface area contributed by atoms with Gasteiger partial charge in [-0.05, 0) is 93.5 Å². The summed E-state index contributed by atoms with van der Waals surface area (Å²) in [7, 11) is 1.76. The molecule has 4 heterocycles. The highest BCUT2D eigenvalue weighted by molar-refractivity contribution is 5.98. The number of imidazole rings is 1. The number of hydrogen-bond donors (Lipinski definition) is 1. The molecule has 3 aromatic heterocycles. The van der Waals surface area contributed by atoms with Crippen LogP contribution < -0.4 is 5.73 Å². The molecule has 1 saturated heterocycles. The molecule has 8 nitrogen and oxygen atoms in total. The number of carbonyl (C=O) groups is 1. The van der Waals surface area contributed by atoms with E-state index in [4.69, 9.17) is 20.4 Å². The first kappa shape index (κ1) is 25.4. The largest absolute Gasteiger partial charge is 0.379 e. The molecule has 4 fully saturated rings. The lowest BCUT2D eigenvalue weighted by atomic mass is 9.72. The van der Waals surface area contributed by atoms with Crippen LogP contribution in [0.5, 0.6) is 0 Å². The molecule has 214 valence electrons. The molecule has 41 heavy (non-hydrogen) atoms. The van der Waals surface area contributed by atoms with Crippen molar-refractivity contribution in [2.75, 3.05) is 13.7 Å². The lowest BCUT2D eigenvalue weighted by Crippen LogP contribution is -2.44. The zero-order chi connectivity index (χ0) is 28.0. The normalized spacial score (nSPS) is 29.1. The minimum absolute atomic E-state index is 0.0144. The molecule has 1 unspecified atom stereocenters. The highest BCUT2D eigenvalue weighted by Gasteiger charge is 2.47. The number of likely N-dealkylation sites (tertiary alicyclic amines) is 1. The van der Waals surface area contributed by atoms with Crippen molar-refractivity contribution >= 4 is 28.0 Å². The number of piperidine rings is 1. The number of aromatic nitrogens is 4. The monoisotopic (exact) mass is 556 g/mol. The fourth-order valence-corrected chi connectivity index (χ4v) is 7.89. The van der Waals surface area contributed by atoms with Crippen molar-refractivity contribution in [2.24, 2.45) is 23.5 Å². The fourth-order valence-electron chi connectivity index (χ4n) is 7.89. The standard InChI is InChI=1S/C32H37FN6O2/c1-32(41-2)13-19(14-32)16-39-28-23(33)10-22(31(40)38-17-21-7-8-25(38)27(21)34)11-24(28)36-30(39)26-12-20-4-3-9-35-29(20)37(26)15-18-5-6-18/h3-4,9-12,18-19,21,25,27H,5-8,13-17,34H2,1-2H3/t19-,21-,25-,27?,32+/m1/s1. The molecule has 0 radical (unpaired) electrons. The molecule has 0 spiro atoms. The fraction of sp³-hybridized carbons (Fsp3) is 0.531. The summed E-state index contributed by atoms with van der Waals surface area (Å²) in [5, 5.41) is 1.05. The Labute approximate surface area is 238 Å².